The van der Waals surface area contributed by atoms with Gasteiger partial charge in [-0.1, -0.05) is 13.8 Å². The molecule has 0 bridgehead atoms. The molecule has 2 unspecified atom stereocenters. The fraction of sp³-hybridized carbons (Fsp3) is 0.846. The summed E-state index contributed by atoms with van der Waals surface area (Å²) in [6.45, 7) is 5.50. The first-order valence-electron chi connectivity index (χ1n) is 6.58. The highest BCUT2D eigenvalue weighted by atomic mass is 16.5. The average Bonchev–Trinajstić information content (AvgIpc) is 2.90. The van der Waals surface area contributed by atoms with Gasteiger partial charge >= 0.3 is 5.97 Å². The molecule has 1 amide bonds. The number of carbonyl (C=O) groups is 2. The zero-order valence-electron chi connectivity index (χ0n) is 11.5. The average molecular weight is 257 g/mol. The highest BCUT2D eigenvalue weighted by Crippen LogP contribution is 2.16. The van der Waals surface area contributed by atoms with Crippen molar-refractivity contribution in [1.29, 1.82) is 0 Å². The summed E-state index contributed by atoms with van der Waals surface area (Å²) in [5, 5.41) is 0. The SMILES string of the molecule is CCCN(CC(C)C(=O)OC)C(=O)C1CCCO1. The van der Waals surface area contributed by atoms with E-state index in [1.54, 1.807) is 11.8 Å². The van der Waals surface area contributed by atoms with E-state index < -0.39 is 0 Å². The van der Waals surface area contributed by atoms with Crippen LogP contribution in [0.2, 0.25) is 0 Å². The molecule has 0 aliphatic carbocycles. The lowest BCUT2D eigenvalue weighted by molar-refractivity contribution is -0.148. The first-order chi connectivity index (χ1) is 8.60. The zero-order valence-corrected chi connectivity index (χ0v) is 11.5. The Hall–Kier alpha value is -1.10. The smallest absolute Gasteiger partial charge is 0.310 e. The predicted molar refractivity (Wildman–Crippen MR) is 67.0 cm³/mol. The fourth-order valence-electron chi connectivity index (χ4n) is 2.14. The van der Waals surface area contributed by atoms with Crippen LogP contribution in [-0.4, -0.2) is 49.7 Å². The molecule has 1 fully saturated rings. The van der Waals surface area contributed by atoms with Crippen LogP contribution in [0.15, 0.2) is 0 Å². The van der Waals surface area contributed by atoms with Gasteiger partial charge in [0.2, 0.25) is 0 Å². The van der Waals surface area contributed by atoms with Gasteiger partial charge in [-0.15, -0.1) is 0 Å². The molecule has 5 nitrogen and oxygen atoms in total. The predicted octanol–water partition coefficient (Wildman–Crippen LogP) is 1.21. The minimum absolute atomic E-state index is 0.00473. The number of methoxy groups -OCH3 is 1. The van der Waals surface area contributed by atoms with E-state index in [0.29, 0.717) is 19.7 Å². The van der Waals surface area contributed by atoms with Gasteiger partial charge in [0.05, 0.1) is 13.0 Å². The third-order valence-corrected chi connectivity index (χ3v) is 3.11. The van der Waals surface area contributed by atoms with E-state index in [0.717, 1.165) is 19.3 Å². The van der Waals surface area contributed by atoms with Crippen molar-refractivity contribution in [3.05, 3.63) is 0 Å². The standard InChI is InChI=1S/C13H23NO4/c1-4-7-14(9-10(2)13(16)17-3)12(15)11-6-5-8-18-11/h10-11H,4-9H2,1-3H3. The normalized spacial score (nSPS) is 20.5. The van der Waals surface area contributed by atoms with Crippen molar-refractivity contribution < 1.29 is 19.1 Å². The van der Waals surface area contributed by atoms with Crippen LogP contribution >= 0.6 is 0 Å². The number of nitrogens with zero attached hydrogens (tertiary/aromatic N) is 1. The van der Waals surface area contributed by atoms with Crippen LogP contribution in [0.4, 0.5) is 0 Å². The Morgan fingerprint density at radius 3 is 2.72 bits per heavy atom. The lowest BCUT2D eigenvalue weighted by Crippen LogP contribution is -2.43. The van der Waals surface area contributed by atoms with E-state index in [4.69, 9.17) is 4.74 Å². The van der Waals surface area contributed by atoms with E-state index in [2.05, 4.69) is 4.74 Å². The molecule has 0 radical (unpaired) electrons. The molecule has 0 aromatic carbocycles. The monoisotopic (exact) mass is 257 g/mol. The molecule has 0 aromatic rings. The van der Waals surface area contributed by atoms with Crippen molar-refractivity contribution in [3.63, 3.8) is 0 Å². The van der Waals surface area contributed by atoms with Crippen LogP contribution in [-0.2, 0) is 19.1 Å². The Labute approximate surface area is 108 Å². The Bertz CT molecular complexity index is 287. The lowest BCUT2D eigenvalue weighted by Gasteiger charge is -2.26. The van der Waals surface area contributed by atoms with Crippen LogP contribution in [0, 0.1) is 5.92 Å². The van der Waals surface area contributed by atoms with Crippen molar-refractivity contribution in [3.8, 4) is 0 Å². The molecule has 0 N–H and O–H groups in total. The maximum atomic E-state index is 12.2. The second kappa shape index (κ2) is 7.36. The van der Waals surface area contributed by atoms with Crippen molar-refractivity contribution in [2.45, 2.75) is 39.2 Å². The number of amides is 1. The van der Waals surface area contributed by atoms with Crippen LogP contribution in [0.3, 0.4) is 0 Å². The largest absolute Gasteiger partial charge is 0.469 e. The summed E-state index contributed by atoms with van der Waals surface area (Å²) in [5.74, 6) is -0.576. The van der Waals surface area contributed by atoms with Gasteiger partial charge in [-0.05, 0) is 19.3 Å². The Morgan fingerprint density at radius 1 is 1.50 bits per heavy atom. The summed E-state index contributed by atoms with van der Waals surface area (Å²) in [4.78, 5) is 25.4. The molecule has 0 aromatic heterocycles. The highest BCUT2D eigenvalue weighted by Gasteiger charge is 2.29. The Kier molecular flexibility index (Phi) is 6.12. The molecule has 2 atom stereocenters. The number of hydrogen-bond donors (Lipinski definition) is 0. The maximum Gasteiger partial charge on any atom is 0.310 e. The molecule has 1 heterocycles. The number of hydrogen-bond acceptors (Lipinski definition) is 4. The quantitative estimate of drug-likeness (QED) is 0.671. The summed E-state index contributed by atoms with van der Waals surface area (Å²) in [5.41, 5.74) is 0. The van der Waals surface area contributed by atoms with Crippen LogP contribution in [0.5, 0.6) is 0 Å². The van der Waals surface area contributed by atoms with Crippen molar-refractivity contribution in [1.82, 2.24) is 4.90 Å². The van der Waals surface area contributed by atoms with Gasteiger partial charge in [-0.3, -0.25) is 9.59 Å². The molecule has 104 valence electrons. The summed E-state index contributed by atoms with van der Waals surface area (Å²) < 4.78 is 10.1. The minimum atomic E-state index is -0.318. The molecule has 1 saturated heterocycles. The van der Waals surface area contributed by atoms with Crippen molar-refractivity contribution in [2.24, 2.45) is 5.92 Å². The molecule has 5 heteroatoms. The van der Waals surface area contributed by atoms with Crippen LogP contribution in [0.25, 0.3) is 0 Å². The highest BCUT2D eigenvalue weighted by molar-refractivity contribution is 5.82. The van der Waals surface area contributed by atoms with Crippen molar-refractivity contribution >= 4 is 11.9 Å². The summed E-state index contributed by atoms with van der Waals surface area (Å²) in [7, 11) is 1.37. The lowest BCUT2D eigenvalue weighted by atomic mass is 10.1. The van der Waals surface area contributed by atoms with Gasteiger partial charge in [0.25, 0.3) is 5.91 Å². The molecule has 1 aliphatic rings. The zero-order chi connectivity index (χ0) is 13.5. The third-order valence-electron chi connectivity index (χ3n) is 3.11. The molecular formula is C13H23NO4. The first-order valence-corrected chi connectivity index (χ1v) is 6.58. The van der Waals surface area contributed by atoms with Crippen molar-refractivity contribution in [2.75, 3.05) is 26.8 Å². The Balaban J connectivity index is 2.57. The molecule has 1 aliphatic heterocycles. The van der Waals surface area contributed by atoms with E-state index in [-0.39, 0.29) is 23.9 Å². The van der Waals surface area contributed by atoms with Gasteiger partial charge in [0.1, 0.15) is 6.10 Å². The maximum absolute atomic E-state index is 12.2. The summed E-state index contributed by atoms with van der Waals surface area (Å²) in [6, 6.07) is 0. The second-order valence-electron chi connectivity index (χ2n) is 4.71. The van der Waals surface area contributed by atoms with Crippen LogP contribution in [0.1, 0.15) is 33.1 Å². The van der Waals surface area contributed by atoms with Crippen LogP contribution < -0.4 is 0 Å². The molecule has 1 rings (SSSR count). The van der Waals surface area contributed by atoms with Gasteiger partial charge in [0.15, 0.2) is 0 Å². The van der Waals surface area contributed by atoms with E-state index >= 15 is 0 Å². The number of carbonyl (C=O) groups excluding carboxylic acids is 2. The van der Waals surface area contributed by atoms with Gasteiger partial charge in [-0.2, -0.15) is 0 Å². The molecule has 18 heavy (non-hydrogen) atoms. The van der Waals surface area contributed by atoms with E-state index in [9.17, 15) is 9.59 Å². The molecule has 0 spiro atoms. The first kappa shape index (κ1) is 15.0. The Morgan fingerprint density at radius 2 is 2.22 bits per heavy atom. The van der Waals surface area contributed by atoms with E-state index in [1.807, 2.05) is 6.92 Å². The number of esters is 1. The summed E-state index contributed by atoms with van der Waals surface area (Å²) in [6.07, 6.45) is 2.27. The second-order valence-corrected chi connectivity index (χ2v) is 4.71. The molecular weight excluding hydrogens is 234 g/mol. The third kappa shape index (κ3) is 3.98. The topological polar surface area (TPSA) is 55.8 Å². The number of ether oxygens (including phenoxy) is 2. The van der Waals surface area contributed by atoms with E-state index in [1.165, 1.54) is 7.11 Å². The number of rotatable bonds is 6. The van der Waals surface area contributed by atoms with Gasteiger partial charge in [-0.25, -0.2) is 0 Å². The molecule has 0 saturated carbocycles. The van der Waals surface area contributed by atoms with Gasteiger partial charge < -0.3 is 14.4 Å². The fourth-order valence-corrected chi connectivity index (χ4v) is 2.14. The summed E-state index contributed by atoms with van der Waals surface area (Å²) >= 11 is 0. The minimum Gasteiger partial charge on any atom is -0.469 e. The van der Waals surface area contributed by atoms with Gasteiger partial charge in [0, 0.05) is 19.7 Å².